The topological polar surface area (TPSA) is 88.3 Å². The Bertz CT molecular complexity index is 728. The van der Waals surface area contributed by atoms with E-state index < -0.39 is 0 Å². The molecule has 1 fully saturated rings. The predicted molar refractivity (Wildman–Crippen MR) is 96.7 cm³/mol. The van der Waals surface area contributed by atoms with E-state index in [0.717, 1.165) is 18.6 Å². The van der Waals surface area contributed by atoms with Crippen LogP contribution >= 0.6 is 23.1 Å². The number of hydrogen-bond acceptors (Lipinski definition) is 7. The lowest BCUT2D eigenvalue weighted by Crippen LogP contribution is -2.32. The van der Waals surface area contributed by atoms with Crippen LogP contribution in [0.1, 0.15) is 44.9 Å². The fourth-order valence-electron chi connectivity index (χ4n) is 2.35. The average molecular weight is 380 g/mol. The average Bonchev–Trinajstić information content (AvgIpc) is 3.10. The fourth-order valence-corrected chi connectivity index (χ4v) is 4.09. The molecule has 2 aromatic rings. The van der Waals surface area contributed by atoms with Crippen molar-refractivity contribution in [3.8, 4) is 0 Å². The van der Waals surface area contributed by atoms with E-state index in [0.29, 0.717) is 15.9 Å². The second-order valence-corrected chi connectivity index (χ2v) is 7.97. The first-order valence-electron chi connectivity index (χ1n) is 8.19. The second kappa shape index (κ2) is 8.01. The Morgan fingerprint density at radius 1 is 1.48 bits per heavy atom. The zero-order valence-corrected chi connectivity index (χ0v) is 15.7. The van der Waals surface area contributed by atoms with Crippen molar-refractivity contribution in [2.45, 2.75) is 49.5 Å². The first kappa shape index (κ1) is 17.9. The Hall–Kier alpha value is -1.87. The van der Waals surface area contributed by atoms with Crippen LogP contribution in [0.2, 0.25) is 0 Å². The van der Waals surface area contributed by atoms with Gasteiger partial charge in [0.15, 0.2) is 4.34 Å². The van der Waals surface area contributed by atoms with Gasteiger partial charge in [0.25, 0.3) is 0 Å². The molecule has 2 aromatic heterocycles. The molecule has 1 unspecified atom stereocenters. The monoisotopic (exact) mass is 380 g/mol. The highest BCUT2D eigenvalue weighted by Crippen LogP contribution is 2.36. The van der Waals surface area contributed by atoms with Crippen molar-refractivity contribution < 1.29 is 14.0 Å². The van der Waals surface area contributed by atoms with E-state index in [1.54, 1.807) is 17.2 Å². The Labute approximate surface area is 154 Å². The highest BCUT2D eigenvalue weighted by molar-refractivity contribution is 8.01. The molecule has 0 bridgehead atoms. The second-order valence-electron chi connectivity index (χ2n) is 5.79. The summed E-state index contributed by atoms with van der Waals surface area (Å²) in [5.41, 5.74) is 0. The summed E-state index contributed by atoms with van der Waals surface area (Å²) in [6.45, 7) is 3.72. The number of thioether (sulfide) groups is 1. The number of aromatic nitrogens is 2. The van der Waals surface area contributed by atoms with Gasteiger partial charge in [-0.3, -0.25) is 14.5 Å². The van der Waals surface area contributed by atoms with Gasteiger partial charge in [-0.05, 0) is 31.9 Å². The van der Waals surface area contributed by atoms with Gasteiger partial charge in [0.1, 0.15) is 5.76 Å². The molecule has 1 aliphatic rings. The van der Waals surface area contributed by atoms with Crippen LogP contribution in [0.4, 0.5) is 5.13 Å². The molecule has 0 saturated heterocycles. The van der Waals surface area contributed by atoms with E-state index >= 15 is 0 Å². The highest BCUT2D eigenvalue weighted by Gasteiger charge is 2.35. The Morgan fingerprint density at radius 3 is 2.92 bits per heavy atom. The number of nitrogens with zero attached hydrogens (tertiary/aromatic N) is 3. The molecule has 2 heterocycles. The highest BCUT2D eigenvalue weighted by atomic mass is 32.2. The normalized spacial score (nSPS) is 15.0. The van der Waals surface area contributed by atoms with Gasteiger partial charge in [0.2, 0.25) is 16.9 Å². The van der Waals surface area contributed by atoms with Gasteiger partial charge in [-0.2, -0.15) is 0 Å². The molecule has 1 N–H and O–H groups in total. The summed E-state index contributed by atoms with van der Waals surface area (Å²) >= 11 is 2.68. The molecule has 1 atom stereocenters. The van der Waals surface area contributed by atoms with Crippen molar-refractivity contribution in [1.29, 1.82) is 0 Å². The summed E-state index contributed by atoms with van der Waals surface area (Å²) in [6.07, 6.45) is 4.06. The van der Waals surface area contributed by atoms with Gasteiger partial charge in [0, 0.05) is 12.5 Å². The Kier molecular flexibility index (Phi) is 5.74. The minimum Gasteiger partial charge on any atom is -0.467 e. The van der Waals surface area contributed by atoms with E-state index in [1.165, 1.54) is 23.1 Å². The van der Waals surface area contributed by atoms with Crippen LogP contribution in [-0.4, -0.2) is 33.8 Å². The molecule has 3 rings (SSSR count). The Morgan fingerprint density at radius 2 is 2.28 bits per heavy atom. The Balaban J connectivity index is 1.53. The van der Waals surface area contributed by atoms with Crippen LogP contribution in [0.25, 0.3) is 0 Å². The number of anilines is 1. The third kappa shape index (κ3) is 4.60. The van der Waals surface area contributed by atoms with Gasteiger partial charge < -0.3 is 9.73 Å². The number of carbonyl (C=O) groups is 2. The summed E-state index contributed by atoms with van der Waals surface area (Å²) in [5.74, 6) is 0.925. The van der Waals surface area contributed by atoms with Crippen molar-refractivity contribution in [3.63, 3.8) is 0 Å². The van der Waals surface area contributed by atoms with Crippen molar-refractivity contribution in [3.05, 3.63) is 24.2 Å². The van der Waals surface area contributed by atoms with Gasteiger partial charge in [0.05, 0.1) is 18.1 Å². The summed E-state index contributed by atoms with van der Waals surface area (Å²) in [4.78, 5) is 25.9. The van der Waals surface area contributed by atoms with E-state index in [2.05, 4.69) is 15.5 Å². The third-order valence-corrected chi connectivity index (χ3v) is 5.82. The van der Waals surface area contributed by atoms with E-state index in [4.69, 9.17) is 4.42 Å². The maximum Gasteiger partial charge on any atom is 0.231 e. The summed E-state index contributed by atoms with van der Waals surface area (Å²) in [5, 5.41) is 11.7. The van der Waals surface area contributed by atoms with E-state index in [-0.39, 0.29) is 29.7 Å². The van der Waals surface area contributed by atoms with Gasteiger partial charge >= 0.3 is 0 Å². The predicted octanol–water partition coefficient (Wildman–Crippen LogP) is 3.01. The quantitative estimate of drug-likeness (QED) is 0.559. The van der Waals surface area contributed by atoms with Crippen LogP contribution in [-0.2, 0) is 9.59 Å². The smallest absolute Gasteiger partial charge is 0.231 e. The standard InChI is InChI=1S/C16H20N4O3S2/c1-3-14(22)20(11-6-7-11)15-18-19-16(25-15)24-9-13(21)17-10(2)12-5-4-8-23-12/h4-5,8,10-11H,3,6-7,9H2,1-2H3,(H,17,21). The number of nitrogens with one attached hydrogen (secondary N) is 1. The number of furan rings is 1. The molecule has 1 aliphatic carbocycles. The lowest BCUT2D eigenvalue weighted by molar-refractivity contribution is -0.119. The molecule has 25 heavy (non-hydrogen) atoms. The number of amides is 2. The van der Waals surface area contributed by atoms with Crippen LogP contribution in [0.3, 0.4) is 0 Å². The first-order valence-corrected chi connectivity index (χ1v) is 9.99. The molecule has 0 spiro atoms. The van der Waals surface area contributed by atoms with Crippen LogP contribution in [0.5, 0.6) is 0 Å². The fraction of sp³-hybridized carbons (Fsp3) is 0.500. The molecule has 2 amide bonds. The third-order valence-electron chi connectivity index (χ3n) is 3.76. The van der Waals surface area contributed by atoms with Gasteiger partial charge in [-0.15, -0.1) is 10.2 Å². The maximum absolute atomic E-state index is 12.1. The first-order chi connectivity index (χ1) is 12.1. The molecule has 0 radical (unpaired) electrons. The largest absolute Gasteiger partial charge is 0.467 e. The van der Waals surface area contributed by atoms with Gasteiger partial charge in [-0.1, -0.05) is 30.0 Å². The summed E-state index contributed by atoms with van der Waals surface area (Å²) in [6, 6.07) is 3.70. The van der Waals surface area contributed by atoms with Crippen molar-refractivity contribution in [1.82, 2.24) is 15.5 Å². The molecule has 0 aromatic carbocycles. The number of carbonyl (C=O) groups excluding carboxylic acids is 2. The number of rotatable bonds is 8. The summed E-state index contributed by atoms with van der Waals surface area (Å²) < 4.78 is 5.96. The lowest BCUT2D eigenvalue weighted by atomic mass is 10.2. The van der Waals surface area contributed by atoms with Crippen LogP contribution < -0.4 is 10.2 Å². The molecule has 7 nitrogen and oxygen atoms in total. The minimum atomic E-state index is -0.180. The SMILES string of the molecule is CCC(=O)N(c1nnc(SCC(=O)NC(C)c2ccco2)s1)C1CC1. The maximum atomic E-state index is 12.1. The van der Waals surface area contributed by atoms with Gasteiger partial charge in [-0.25, -0.2) is 0 Å². The van der Waals surface area contributed by atoms with Crippen molar-refractivity contribution >= 4 is 40.0 Å². The molecule has 1 saturated carbocycles. The zero-order valence-electron chi connectivity index (χ0n) is 14.1. The van der Waals surface area contributed by atoms with E-state index in [9.17, 15) is 9.59 Å². The lowest BCUT2D eigenvalue weighted by Gasteiger charge is -2.17. The summed E-state index contributed by atoms with van der Waals surface area (Å²) in [7, 11) is 0. The van der Waals surface area contributed by atoms with Crippen LogP contribution in [0.15, 0.2) is 27.2 Å². The molecule has 0 aliphatic heterocycles. The minimum absolute atomic E-state index is 0.0696. The van der Waals surface area contributed by atoms with Crippen molar-refractivity contribution in [2.75, 3.05) is 10.7 Å². The molecule has 9 heteroatoms. The zero-order chi connectivity index (χ0) is 17.8. The molecular weight excluding hydrogens is 360 g/mol. The number of hydrogen-bond donors (Lipinski definition) is 1. The molecular formula is C16H20N4O3S2. The molecule has 134 valence electrons. The van der Waals surface area contributed by atoms with Crippen molar-refractivity contribution in [2.24, 2.45) is 0 Å². The van der Waals surface area contributed by atoms with Crippen LogP contribution in [0, 0.1) is 0 Å². The van der Waals surface area contributed by atoms with E-state index in [1.807, 2.05) is 19.9 Å².